The van der Waals surface area contributed by atoms with Gasteiger partial charge < -0.3 is 10.6 Å². The lowest BCUT2D eigenvalue weighted by molar-refractivity contribution is 0.633. The van der Waals surface area contributed by atoms with Gasteiger partial charge >= 0.3 is 0 Å². The maximum Gasteiger partial charge on any atom is 0.128 e. The van der Waals surface area contributed by atoms with Crippen molar-refractivity contribution >= 4 is 5.82 Å². The third-order valence-electron chi connectivity index (χ3n) is 2.41. The van der Waals surface area contributed by atoms with E-state index in [-0.39, 0.29) is 0 Å². The highest BCUT2D eigenvalue weighted by Crippen LogP contribution is 2.21. The van der Waals surface area contributed by atoms with Crippen LogP contribution >= 0.6 is 0 Å². The monoisotopic (exact) mass is 180 g/mol. The highest BCUT2D eigenvalue weighted by atomic mass is 15.3. The molecule has 0 atom stereocenters. The third-order valence-corrected chi connectivity index (χ3v) is 2.41. The van der Waals surface area contributed by atoms with Gasteiger partial charge in [0.2, 0.25) is 0 Å². The molecule has 4 nitrogen and oxygen atoms in total. The summed E-state index contributed by atoms with van der Waals surface area (Å²) in [5.74, 6) is 1.17. The van der Waals surface area contributed by atoms with E-state index in [9.17, 15) is 0 Å². The topological polar surface area (TPSA) is 41.9 Å². The summed E-state index contributed by atoms with van der Waals surface area (Å²) < 4.78 is 1.95. The molecule has 0 saturated heterocycles. The first-order valence-corrected chi connectivity index (χ1v) is 4.82. The Kier molecular flexibility index (Phi) is 2.22. The van der Waals surface area contributed by atoms with Crippen LogP contribution in [0.15, 0.2) is 0 Å². The highest BCUT2D eigenvalue weighted by molar-refractivity contribution is 5.48. The molecule has 4 heteroatoms. The molecular weight excluding hydrogens is 164 g/mol. The molecule has 1 aliphatic heterocycles. The van der Waals surface area contributed by atoms with Gasteiger partial charge in [0, 0.05) is 38.7 Å². The van der Waals surface area contributed by atoms with Crippen molar-refractivity contribution in [2.24, 2.45) is 7.05 Å². The van der Waals surface area contributed by atoms with E-state index in [4.69, 9.17) is 0 Å². The van der Waals surface area contributed by atoms with E-state index in [1.54, 1.807) is 0 Å². The summed E-state index contributed by atoms with van der Waals surface area (Å²) in [4.78, 5) is 0. The average Bonchev–Trinajstić information content (AvgIpc) is 2.44. The second-order valence-corrected chi connectivity index (χ2v) is 3.35. The van der Waals surface area contributed by atoms with Crippen molar-refractivity contribution in [1.82, 2.24) is 15.1 Å². The second-order valence-electron chi connectivity index (χ2n) is 3.35. The molecule has 0 saturated carbocycles. The predicted octanol–water partition coefficient (Wildman–Crippen LogP) is 0.498. The van der Waals surface area contributed by atoms with Gasteiger partial charge in [-0.2, -0.15) is 5.10 Å². The van der Waals surface area contributed by atoms with Gasteiger partial charge in [0.1, 0.15) is 5.82 Å². The average molecular weight is 180 g/mol. The summed E-state index contributed by atoms with van der Waals surface area (Å²) >= 11 is 0. The van der Waals surface area contributed by atoms with Crippen molar-refractivity contribution in [3.63, 3.8) is 0 Å². The molecule has 2 rings (SSSR count). The van der Waals surface area contributed by atoms with Crippen molar-refractivity contribution in [2.45, 2.75) is 19.9 Å². The van der Waals surface area contributed by atoms with Gasteiger partial charge in [-0.3, -0.25) is 4.68 Å². The Hall–Kier alpha value is -1.03. The molecule has 1 aromatic heterocycles. The van der Waals surface area contributed by atoms with Crippen molar-refractivity contribution in [2.75, 3.05) is 18.4 Å². The highest BCUT2D eigenvalue weighted by Gasteiger charge is 2.17. The van der Waals surface area contributed by atoms with E-state index in [0.717, 1.165) is 26.1 Å². The fourth-order valence-electron chi connectivity index (χ4n) is 1.82. The Morgan fingerprint density at radius 2 is 2.46 bits per heavy atom. The van der Waals surface area contributed by atoms with Gasteiger partial charge in [-0.05, 0) is 6.92 Å². The normalized spacial score (nSPS) is 15.5. The fourth-order valence-corrected chi connectivity index (χ4v) is 1.82. The summed E-state index contributed by atoms with van der Waals surface area (Å²) in [6, 6.07) is 0. The van der Waals surface area contributed by atoms with Crippen LogP contribution in [-0.4, -0.2) is 22.9 Å². The smallest absolute Gasteiger partial charge is 0.128 e. The van der Waals surface area contributed by atoms with Gasteiger partial charge in [-0.15, -0.1) is 0 Å². The summed E-state index contributed by atoms with van der Waals surface area (Å²) in [6.45, 7) is 5.06. The molecule has 1 aliphatic rings. The third kappa shape index (κ3) is 1.42. The SMILES string of the molecule is CCNc1c2c(nn1C)CCNC2. The van der Waals surface area contributed by atoms with Gasteiger partial charge in [-0.25, -0.2) is 0 Å². The largest absolute Gasteiger partial charge is 0.370 e. The summed E-state index contributed by atoms with van der Waals surface area (Å²) in [6.07, 6.45) is 1.05. The van der Waals surface area contributed by atoms with E-state index in [2.05, 4.69) is 22.7 Å². The number of anilines is 1. The first-order valence-electron chi connectivity index (χ1n) is 4.82. The lowest BCUT2D eigenvalue weighted by Gasteiger charge is -2.13. The van der Waals surface area contributed by atoms with Crippen LogP contribution in [0, 0.1) is 0 Å². The molecule has 1 aromatic rings. The first-order chi connectivity index (χ1) is 6.33. The first kappa shape index (κ1) is 8.56. The molecule has 0 aromatic carbocycles. The lowest BCUT2D eigenvalue weighted by Crippen LogP contribution is -2.23. The molecule has 0 radical (unpaired) electrons. The van der Waals surface area contributed by atoms with Gasteiger partial charge in [-0.1, -0.05) is 0 Å². The van der Waals surface area contributed by atoms with Crippen LogP contribution in [0.25, 0.3) is 0 Å². The molecule has 0 aliphatic carbocycles. The molecule has 72 valence electrons. The quantitative estimate of drug-likeness (QED) is 0.696. The minimum Gasteiger partial charge on any atom is -0.370 e. The van der Waals surface area contributed by atoms with Crippen LogP contribution in [0.1, 0.15) is 18.2 Å². The molecule has 0 bridgehead atoms. The maximum absolute atomic E-state index is 4.48. The second kappa shape index (κ2) is 3.38. The minimum absolute atomic E-state index is 0.950. The molecule has 0 unspecified atom stereocenters. The Balaban J connectivity index is 2.36. The van der Waals surface area contributed by atoms with Crippen LogP contribution in [0.2, 0.25) is 0 Å². The van der Waals surface area contributed by atoms with Crippen LogP contribution in [0.5, 0.6) is 0 Å². The number of aromatic nitrogens is 2. The summed E-state index contributed by atoms with van der Waals surface area (Å²) in [7, 11) is 2.00. The van der Waals surface area contributed by atoms with Crippen LogP contribution < -0.4 is 10.6 Å². The van der Waals surface area contributed by atoms with Crippen molar-refractivity contribution < 1.29 is 0 Å². The van der Waals surface area contributed by atoms with Gasteiger partial charge in [0.15, 0.2) is 0 Å². The van der Waals surface area contributed by atoms with Crippen molar-refractivity contribution in [1.29, 1.82) is 0 Å². The molecule has 0 spiro atoms. The van der Waals surface area contributed by atoms with Crippen LogP contribution in [-0.2, 0) is 20.0 Å². The summed E-state index contributed by atoms with van der Waals surface area (Å²) in [5.41, 5.74) is 2.59. The van der Waals surface area contributed by atoms with Crippen molar-refractivity contribution in [3.8, 4) is 0 Å². The van der Waals surface area contributed by atoms with Crippen LogP contribution in [0.3, 0.4) is 0 Å². The Morgan fingerprint density at radius 1 is 1.62 bits per heavy atom. The lowest BCUT2D eigenvalue weighted by atomic mass is 10.1. The number of fused-ring (bicyclic) bond motifs is 1. The molecular formula is C9H16N4. The Morgan fingerprint density at radius 3 is 3.23 bits per heavy atom. The number of hydrogen-bond donors (Lipinski definition) is 2. The number of nitrogens with one attached hydrogen (secondary N) is 2. The van der Waals surface area contributed by atoms with Gasteiger partial charge in [0.25, 0.3) is 0 Å². The van der Waals surface area contributed by atoms with E-state index >= 15 is 0 Å². The fraction of sp³-hybridized carbons (Fsp3) is 0.667. The predicted molar refractivity (Wildman–Crippen MR) is 52.8 cm³/mol. The molecule has 2 heterocycles. The van der Waals surface area contributed by atoms with E-state index in [1.165, 1.54) is 17.1 Å². The zero-order chi connectivity index (χ0) is 9.26. The molecule has 2 N–H and O–H groups in total. The Bertz CT molecular complexity index is 303. The zero-order valence-corrected chi connectivity index (χ0v) is 8.22. The molecule has 13 heavy (non-hydrogen) atoms. The number of nitrogens with zero attached hydrogens (tertiary/aromatic N) is 2. The number of aryl methyl sites for hydroxylation is 1. The summed E-state index contributed by atoms with van der Waals surface area (Å²) in [5, 5.41) is 11.2. The van der Waals surface area contributed by atoms with Crippen molar-refractivity contribution in [3.05, 3.63) is 11.3 Å². The van der Waals surface area contributed by atoms with Gasteiger partial charge in [0.05, 0.1) is 5.69 Å². The van der Waals surface area contributed by atoms with E-state index < -0.39 is 0 Å². The molecule has 0 fully saturated rings. The zero-order valence-electron chi connectivity index (χ0n) is 8.22. The van der Waals surface area contributed by atoms with Crippen LogP contribution in [0.4, 0.5) is 5.82 Å². The van der Waals surface area contributed by atoms with E-state index in [1.807, 2.05) is 11.7 Å². The van der Waals surface area contributed by atoms with E-state index in [0.29, 0.717) is 0 Å². The minimum atomic E-state index is 0.950. The molecule has 0 amide bonds. The Labute approximate surface area is 78.3 Å². The standard InChI is InChI=1S/C9H16N4/c1-3-11-9-7-6-10-5-4-8(7)12-13(9)2/h10-11H,3-6H2,1-2H3. The maximum atomic E-state index is 4.48. The number of rotatable bonds is 2. The number of hydrogen-bond acceptors (Lipinski definition) is 3.